The molecule has 2 rings (SSSR count). The Kier molecular flexibility index (Phi) is 3.30. The van der Waals surface area contributed by atoms with Crippen LogP contribution in [-0.4, -0.2) is 10.1 Å². The van der Waals surface area contributed by atoms with Crippen LogP contribution in [0.15, 0.2) is 15.7 Å². The van der Waals surface area contributed by atoms with Crippen molar-refractivity contribution in [3.8, 4) is 30.0 Å². The molecule has 0 fully saturated rings. The van der Waals surface area contributed by atoms with Crippen LogP contribution < -0.4 is 11.0 Å². The molecule has 8 nitrogen and oxygen atoms in total. The summed E-state index contributed by atoms with van der Waals surface area (Å²) in [6.45, 7) is 0. The van der Waals surface area contributed by atoms with E-state index in [0.29, 0.717) is 6.07 Å². The fourth-order valence-corrected chi connectivity index (χ4v) is 2.01. The molecule has 2 aromatic rings. The molecule has 0 saturated heterocycles. The molecule has 22 heavy (non-hydrogen) atoms. The van der Waals surface area contributed by atoms with Gasteiger partial charge in [-0.05, 0) is 0 Å². The average Bonchev–Trinajstić information content (AvgIpc) is 2.62. The van der Waals surface area contributed by atoms with Gasteiger partial charge in [-0.25, -0.2) is 0 Å². The zero-order chi connectivity index (χ0) is 16.4. The SMILES string of the molecule is N#Cc1c(C#N)c(C#N)c2c(=O)cc(O)c(=O)[nH]c2c1C#N. The summed E-state index contributed by atoms with van der Waals surface area (Å²) < 4.78 is 0. The molecule has 0 aliphatic carbocycles. The van der Waals surface area contributed by atoms with Crippen LogP contribution in [0, 0.1) is 45.3 Å². The molecule has 0 unspecified atom stereocenters. The van der Waals surface area contributed by atoms with Crippen LogP contribution in [0.3, 0.4) is 0 Å². The first-order chi connectivity index (χ1) is 10.5. The van der Waals surface area contributed by atoms with Crippen LogP contribution in [0.2, 0.25) is 0 Å². The summed E-state index contributed by atoms with van der Waals surface area (Å²) in [5.41, 5.74) is -4.08. The van der Waals surface area contributed by atoms with Crippen molar-refractivity contribution < 1.29 is 5.11 Å². The van der Waals surface area contributed by atoms with Crippen LogP contribution in [0.25, 0.3) is 10.9 Å². The Morgan fingerprint density at radius 2 is 1.36 bits per heavy atom. The number of aromatic hydroxyl groups is 1. The van der Waals surface area contributed by atoms with Gasteiger partial charge in [0.2, 0.25) is 0 Å². The summed E-state index contributed by atoms with van der Waals surface area (Å²) in [5, 5.41) is 45.6. The number of aromatic nitrogens is 1. The summed E-state index contributed by atoms with van der Waals surface area (Å²) in [6.07, 6.45) is 0. The van der Waals surface area contributed by atoms with Crippen molar-refractivity contribution in [2.45, 2.75) is 0 Å². The fourth-order valence-electron chi connectivity index (χ4n) is 2.01. The second kappa shape index (κ2) is 5.09. The highest BCUT2D eigenvalue weighted by Crippen LogP contribution is 2.25. The molecule has 0 radical (unpaired) electrons. The Morgan fingerprint density at radius 3 is 1.86 bits per heavy atom. The Balaban J connectivity index is 3.47. The van der Waals surface area contributed by atoms with Gasteiger partial charge < -0.3 is 10.1 Å². The van der Waals surface area contributed by atoms with Crippen LogP contribution in [0.4, 0.5) is 0 Å². The lowest BCUT2D eigenvalue weighted by molar-refractivity contribution is 0.468. The highest BCUT2D eigenvalue weighted by molar-refractivity contribution is 5.93. The van der Waals surface area contributed by atoms with Crippen LogP contribution in [0.1, 0.15) is 22.3 Å². The van der Waals surface area contributed by atoms with E-state index in [1.165, 1.54) is 0 Å². The van der Waals surface area contributed by atoms with Gasteiger partial charge in [0.15, 0.2) is 11.2 Å². The average molecular weight is 289 g/mol. The molecule has 0 saturated carbocycles. The third-order valence-corrected chi connectivity index (χ3v) is 2.93. The van der Waals surface area contributed by atoms with Crippen molar-refractivity contribution in [3.63, 3.8) is 0 Å². The molecular formula is C14H3N5O3. The van der Waals surface area contributed by atoms with E-state index in [1.807, 2.05) is 0 Å². The molecule has 0 aliphatic heterocycles. The van der Waals surface area contributed by atoms with Gasteiger partial charge >= 0.3 is 0 Å². The second-order valence-electron chi connectivity index (χ2n) is 4.05. The van der Waals surface area contributed by atoms with Crippen LogP contribution in [0.5, 0.6) is 5.75 Å². The fraction of sp³-hybridized carbons (Fsp3) is 0. The highest BCUT2D eigenvalue weighted by Gasteiger charge is 2.22. The lowest BCUT2D eigenvalue weighted by Crippen LogP contribution is -2.06. The van der Waals surface area contributed by atoms with Gasteiger partial charge in [0.1, 0.15) is 24.3 Å². The molecule has 0 aliphatic rings. The molecule has 1 aromatic heterocycles. The lowest BCUT2D eigenvalue weighted by atomic mass is 9.94. The summed E-state index contributed by atoms with van der Waals surface area (Å²) in [4.78, 5) is 25.8. The van der Waals surface area contributed by atoms with Gasteiger partial charge in [-0.15, -0.1) is 0 Å². The quantitative estimate of drug-likeness (QED) is 0.692. The van der Waals surface area contributed by atoms with E-state index in [1.54, 1.807) is 24.3 Å². The van der Waals surface area contributed by atoms with Crippen LogP contribution >= 0.6 is 0 Å². The van der Waals surface area contributed by atoms with Gasteiger partial charge in [0, 0.05) is 6.07 Å². The van der Waals surface area contributed by atoms with E-state index in [-0.39, 0.29) is 5.52 Å². The van der Waals surface area contributed by atoms with Crippen molar-refractivity contribution >= 4 is 10.9 Å². The predicted octanol–water partition coefficient (Wildman–Crippen LogP) is 0.0806. The van der Waals surface area contributed by atoms with Gasteiger partial charge in [-0.3, -0.25) is 9.59 Å². The number of nitrogens with one attached hydrogen (secondary N) is 1. The van der Waals surface area contributed by atoms with Gasteiger partial charge in [-0.1, -0.05) is 0 Å². The summed E-state index contributed by atoms with van der Waals surface area (Å²) in [6, 6.07) is 7.06. The number of H-pyrrole nitrogens is 1. The Morgan fingerprint density at radius 1 is 0.864 bits per heavy atom. The van der Waals surface area contributed by atoms with E-state index in [4.69, 9.17) is 10.5 Å². The largest absolute Gasteiger partial charge is 0.503 e. The molecule has 0 spiro atoms. The minimum absolute atomic E-state index is 0.370. The normalized spacial score (nSPS) is 9.27. The number of nitrogens with zero attached hydrogens (tertiary/aromatic N) is 4. The van der Waals surface area contributed by atoms with E-state index in [0.717, 1.165) is 0 Å². The summed E-state index contributed by atoms with van der Waals surface area (Å²) >= 11 is 0. The van der Waals surface area contributed by atoms with Gasteiger partial charge in [0.25, 0.3) is 5.56 Å². The highest BCUT2D eigenvalue weighted by atomic mass is 16.3. The van der Waals surface area contributed by atoms with Gasteiger partial charge in [-0.2, -0.15) is 21.0 Å². The molecule has 1 aromatic carbocycles. The molecule has 8 heteroatoms. The van der Waals surface area contributed by atoms with Crippen molar-refractivity contribution in [3.05, 3.63) is 48.9 Å². The standard InChI is InChI=1S/C14H3N5O3/c15-2-6-7(3-16)9(5-18)13-12(8(6)4-17)10(20)1-11(21)14(22)19-13/h1,21H,(H,19,22). The summed E-state index contributed by atoms with van der Waals surface area (Å²) in [7, 11) is 0. The number of nitriles is 4. The first-order valence-electron chi connectivity index (χ1n) is 5.60. The zero-order valence-corrected chi connectivity index (χ0v) is 10.6. The Labute approximate surface area is 121 Å². The minimum Gasteiger partial charge on any atom is -0.503 e. The van der Waals surface area contributed by atoms with E-state index in [2.05, 4.69) is 4.98 Å². The Hall–Kier alpha value is -4.14. The smallest absolute Gasteiger partial charge is 0.290 e. The van der Waals surface area contributed by atoms with Crippen molar-refractivity contribution in [1.29, 1.82) is 21.0 Å². The molecule has 0 bridgehead atoms. The maximum Gasteiger partial charge on any atom is 0.290 e. The number of aromatic amines is 1. The maximum absolute atomic E-state index is 12.1. The summed E-state index contributed by atoms with van der Waals surface area (Å²) in [5.74, 6) is -0.911. The molecular weight excluding hydrogens is 286 g/mol. The Bertz CT molecular complexity index is 1120. The molecule has 102 valence electrons. The molecule has 0 amide bonds. The second-order valence-corrected chi connectivity index (χ2v) is 4.05. The van der Waals surface area contributed by atoms with E-state index in [9.17, 15) is 25.2 Å². The molecule has 0 atom stereocenters. The zero-order valence-electron chi connectivity index (χ0n) is 10.6. The lowest BCUT2D eigenvalue weighted by Gasteiger charge is -2.04. The number of fused-ring (bicyclic) bond motifs is 1. The number of rotatable bonds is 0. The first kappa shape index (κ1) is 14.3. The number of benzene rings is 1. The maximum atomic E-state index is 12.1. The third-order valence-electron chi connectivity index (χ3n) is 2.93. The van der Waals surface area contributed by atoms with Crippen molar-refractivity contribution in [1.82, 2.24) is 4.98 Å². The number of hydrogen-bond acceptors (Lipinski definition) is 7. The molecule has 1 heterocycles. The predicted molar refractivity (Wildman–Crippen MR) is 71.4 cm³/mol. The minimum atomic E-state index is -1.07. The topological polar surface area (TPSA) is 165 Å². The van der Waals surface area contributed by atoms with E-state index < -0.39 is 44.4 Å². The van der Waals surface area contributed by atoms with Crippen molar-refractivity contribution in [2.75, 3.05) is 0 Å². The van der Waals surface area contributed by atoms with Crippen molar-refractivity contribution in [2.24, 2.45) is 0 Å². The van der Waals surface area contributed by atoms with Crippen LogP contribution in [-0.2, 0) is 0 Å². The third kappa shape index (κ3) is 1.82. The monoisotopic (exact) mass is 289 g/mol. The number of hydrogen-bond donors (Lipinski definition) is 2. The first-order valence-corrected chi connectivity index (χ1v) is 5.60. The molecule has 2 N–H and O–H groups in total. The van der Waals surface area contributed by atoms with E-state index >= 15 is 0 Å². The van der Waals surface area contributed by atoms with Gasteiger partial charge in [0.05, 0.1) is 33.2 Å².